The molecule has 1 heterocycles. The SMILES string of the molecule is CN=C(NCc1ccc(Br)cc1)NC1CCN(c2cccc(F)c2)CC1.I. The third-order valence-corrected chi connectivity index (χ3v) is 5.13. The van der Waals surface area contributed by atoms with Crippen LogP contribution in [0.2, 0.25) is 0 Å². The summed E-state index contributed by atoms with van der Waals surface area (Å²) >= 11 is 3.45. The van der Waals surface area contributed by atoms with Crippen molar-refractivity contribution in [2.24, 2.45) is 4.99 Å². The average molecular weight is 547 g/mol. The van der Waals surface area contributed by atoms with Crippen LogP contribution in [0.5, 0.6) is 0 Å². The van der Waals surface area contributed by atoms with Crippen LogP contribution in [0.15, 0.2) is 58.0 Å². The first-order valence-corrected chi connectivity index (χ1v) is 9.65. The Morgan fingerprint density at radius 2 is 1.89 bits per heavy atom. The van der Waals surface area contributed by atoms with E-state index in [4.69, 9.17) is 0 Å². The standard InChI is InChI=1S/C20H24BrFN4.HI/c1-23-20(24-14-15-5-7-16(21)8-6-15)25-18-9-11-26(12-10-18)19-4-2-3-17(22)13-19;/h2-8,13,18H,9-12,14H2,1H3,(H2,23,24,25);1H. The number of rotatable bonds is 4. The Morgan fingerprint density at radius 3 is 2.52 bits per heavy atom. The summed E-state index contributed by atoms with van der Waals surface area (Å²) < 4.78 is 14.5. The summed E-state index contributed by atoms with van der Waals surface area (Å²) in [6.45, 7) is 2.55. The minimum atomic E-state index is -0.180. The Morgan fingerprint density at radius 1 is 1.19 bits per heavy atom. The summed E-state index contributed by atoms with van der Waals surface area (Å²) in [5.74, 6) is 0.636. The van der Waals surface area contributed by atoms with Crippen molar-refractivity contribution >= 4 is 51.6 Å². The van der Waals surface area contributed by atoms with Gasteiger partial charge < -0.3 is 15.5 Å². The molecular formula is C20H25BrFIN4. The highest BCUT2D eigenvalue weighted by Gasteiger charge is 2.20. The van der Waals surface area contributed by atoms with E-state index < -0.39 is 0 Å². The zero-order chi connectivity index (χ0) is 18.4. The lowest BCUT2D eigenvalue weighted by Gasteiger charge is -2.34. The molecule has 0 saturated carbocycles. The average Bonchev–Trinajstić information content (AvgIpc) is 2.67. The quantitative estimate of drug-likeness (QED) is 0.336. The van der Waals surface area contributed by atoms with Crippen molar-refractivity contribution in [2.45, 2.75) is 25.4 Å². The molecule has 0 spiro atoms. The molecule has 27 heavy (non-hydrogen) atoms. The van der Waals surface area contributed by atoms with Crippen LogP contribution in [0.3, 0.4) is 0 Å². The van der Waals surface area contributed by atoms with Gasteiger partial charge in [0.25, 0.3) is 0 Å². The number of halogens is 3. The van der Waals surface area contributed by atoms with Crippen molar-refractivity contribution < 1.29 is 4.39 Å². The van der Waals surface area contributed by atoms with Crippen molar-refractivity contribution in [3.8, 4) is 0 Å². The molecule has 0 aromatic heterocycles. The third-order valence-electron chi connectivity index (χ3n) is 4.61. The maximum absolute atomic E-state index is 13.4. The first-order chi connectivity index (χ1) is 12.6. The number of nitrogens with one attached hydrogen (secondary N) is 2. The highest BCUT2D eigenvalue weighted by molar-refractivity contribution is 14.0. The fraction of sp³-hybridized carbons (Fsp3) is 0.350. The van der Waals surface area contributed by atoms with Crippen LogP contribution in [0.4, 0.5) is 10.1 Å². The van der Waals surface area contributed by atoms with E-state index in [9.17, 15) is 4.39 Å². The summed E-state index contributed by atoms with van der Waals surface area (Å²) in [4.78, 5) is 6.56. The van der Waals surface area contributed by atoms with Crippen LogP contribution in [0.1, 0.15) is 18.4 Å². The van der Waals surface area contributed by atoms with E-state index in [1.54, 1.807) is 19.2 Å². The van der Waals surface area contributed by atoms with Gasteiger partial charge in [0.15, 0.2) is 5.96 Å². The molecule has 2 aromatic carbocycles. The molecule has 1 fully saturated rings. The zero-order valence-electron chi connectivity index (χ0n) is 15.3. The van der Waals surface area contributed by atoms with Crippen molar-refractivity contribution in [1.82, 2.24) is 10.6 Å². The van der Waals surface area contributed by atoms with Gasteiger partial charge >= 0.3 is 0 Å². The Bertz CT molecular complexity index is 746. The van der Waals surface area contributed by atoms with Gasteiger partial charge in [0, 0.05) is 42.9 Å². The van der Waals surface area contributed by atoms with Gasteiger partial charge in [-0.05, 0) is 48.7 Å². The van der Waals surface area contributed by atoms with E-state index in [-0.39, 0.29) is 29.8 Å². The number of hydrogen-bond acceptors (Lipinski definition) is 2. The van der Waals surface area contributed by atoms with Gasteiger partial charge in [-0.1, -0.05) is 34.1 Å². The maximum atomic E-state index is 13.4. The topological polar surface area (TPSA) is 39.7 Å². The Kier molecular flexibility index (Phi) is 8.82. The van der Waals surface area contributed by atoms with Crippen molar-refractivity contribution in [3.63, 3.8) is 0 Å². The molecule has 1 saturated heterocycles. The maximum Gasteiger partial charge on any atom is 0.191 e. The summed E-state index contributed by atoms with van der Waals surface area (Å²) in [6, 6.07) is 15.4. The fourth-order valence-electron chi connectivity index (χ4n) is 3.13. The molecule has 1 aliphatic heterocycles. The van der Waals surface area contributed by atoms with Gasteiger partial charge in [-0.2, -0.15) is 0 Å². The van der Waals surface area contributed by atoms with Gasteiger partial charge in [0.2, 0.25) is 0 Å². The van der Waals surface area contributed by atoms with Gasteiger partial charge in [-0.3, -0.25) is 4.99 Å². The first-order valence-electron chi connectivity index (χ1n) is 8.86. The normalized spacial score (nSPS) is 15.2. The fourth-order valence-corrected chi connectivity index (χ4v) is 3.40. The van der Waals surface area contributed by atoms with Crippen molar-refractivity contribution in [3.05, 3.63) is 64.4 Å². The van der Waals surface area contributed by atoms with Gasteiger partial charge in [0.1, 0.15) is 5.82 Å². The van der Waals surface area contributed by atoms with E-state index in [0.717, 1.165) is 48.6 Å². The second-order valence-electron chi connectivity index (χ2n) is 6.44. The third kappa shape index (κ3) is 6.64. The second-order valence-corrected chi connectivity index (χ2v) is 7.35. The van der Waals surface area contributed by atoms with Crippen LogP contribution < -0.4 is 15.5 Å². The molecule has 0 aliphatic carbocycles. The van der Waals surface area contributed by atoms with E-state index in [1.807, 2.05) is 18.2 Å². The Hall–Kier alpha value is -1.35. The molecule has 0 radical (unpaired) electrons. The summed E-state index contributed by atoms with van der Waals surface area (Å²) in [5.41, 5.74) is 2.17. The van der Waals surface area contributed by atoms with Gasteiger partial charge in [0.05, 0.1) is 0 Å². The molecule has 3 rings (SSSR count). The van der Waals surface area contributed by atoms with Crippen LogP contribution >= 0.6 is 39.9 Å². The molecule has 0 amide bonds. The largest absolute Gasteiger partial charge is 0.371 e. The van der Waals surface area contributed by atoms with Crippen molar-refractivity contribution in [2.75, 3.05) is 25.0 Å². The number of nitrogens with zero attached hydrogens (tertiary/aromatic N) is 2. The number of hydrogen-bond donors (Lipinski definition) is 2. The predicted molar refractivity (Wildman–Crippen MR) is 125 cm³/mol. The minimum Gasteiger partial charge on any atom is -0.371 e. The lowest BCUT2D eigenvalue weighted by Crippen LogP contribution is -2.48. The zero-order valence-corrected chi connectivity index (χ0v) is 19.2. The van der Waals surface area contributed by atoms with Crippen LogP contribution in [-0.2, 0) is 6.54 Å². The molecular weight excluding hydrogens is 522 g/mol. The number of piperidine rings is 1. The van der Waals surface area contributed by atoms with E-state index >= 15 is 0 Å². The molecule has 2 N–H and O–H groups in total. The highest BCUT2D eigenvalue weighted by atomic mass is 127. The first kappa shape index (κ1) is 21.9. The monoisotopic (exact) mass is 546 g/mol. The summed E-state index contributed by atoms with van der Waals surface area (Å²) in [5, 5.41) is 6.86. The van der Waals surface area contributed by atoms with Crippen LogP contribution in [0.25, 0.3) is 0 Å². The second kappa shape index (κ2) is 10.8. The lowest BCUT2D eigenvalue weighted by atomic mass is 10.0. The molecule has 0 atom stereocenters. The highest BCUT2D eigenvalue weighted by Crippen LogP contribution is 2.20. The van der Waals surface area contributed by atoms with E-state index in [1.165, 1.54) is 11.6 Å². The molecule has 0 bridgehead atoms. The number of guanidine groups is 1. The van der Waals surface area contributed by atoms with Crippen LogP contribution in [0, 0.1) is 5.82 Å². The molecule has 0 unspecified atom stereocenters. The number of anilines is 1. The van der Waals surface area contributed by atoms with E-state index in [2.05, 4.69) is 48.6 Å². The van der Waals surface area contributed by atoms with Gasteiger partial charge in [-0.25, -0.2) is 4.39 Å². The molecule has 4 nitrogen and oxygen atoms in total. The molecule has 2 aromatic rings. The Balaban J connectivity index is 0.00000261. The van der Waals surface area contributed by atoms with Gasteiger partial charge in [-0.15, -0.1) is 24.0 Å². The molecule has 7 heteroatoms. The van der Waals surface area contributed by atoms with Crippen molar-refractivity contribution in [1.29, 1.82) is 0 Å². The number of aliphatic imine (C=N–C) groups is 1. The van der Waals surface area contributed by atoms with Crippen LogP contribution in [-0.4, -0.2) is 32.1 Å². The molecule has 1 aliphatic rings. The Labute approximate surface area is 185 Å². The summed E-state index contributed by atoms with van der Waals surface area (Å²) in [6.07, 6.45) is 1.99. The number of benzene rings is 2. The molecule has 146 valence electrons. The lowest BCUT2D eigenvalue weighted by molar-refractivity contribution is 0.461. The minimum absolute atomic E-state index is 0. The summed E-state index contributed by atoms with van der Waals surface area (Å²) in [7, 11) is 1.79. The smallest absolute Gasteiger partial charge is 0.191 e. The predicted octanol–water partition coefficient (Wildman–Crippen LogP) is 4.54. The van der Waals surface area contributed by atoms with E-state index in [0.29, 0.717) is 6.04 Å².